The normalized spacial score (nSPS) is 10.1. The van der Waals surface area contributed by atoms with Crippen LogP contribution >= 0.6 is 11.8 Å². The maximum Gasteiger partial charge on any atom is 0.219 e. The Morgan fingerprint density at radius 2 is 2.20 bits per heavy atom. The minimum Gasteiger partial charge on any atom is -0.478 e. The molecule has 0 fully saturated rings. The van der Waals surface area contributed by atoms with Gasteiger partial charge in [-0.05, 0) is 19.6 Å². The number of thioether (sulfide) groups is 1. The molecule has 0 aromatic carbocycles. The lowest BCUT2D eigenvalue weighted by molar-refractivity contribution is 0.302. The van der Waals surface area contributed by atoms with Gasteiger partial charge in [-0.1, -0.05) is 18.7 Å². The van der Waals surface area contributed by atoms with Crippen LogP contribution in [0.1, 0.15) is 20.3 Å². The predicted octanol–water partition coefficient (Wildman–Crippen LogP) is 2.42. The largest absolute Gasteiger partial charge is 0.478 e. The number of aromatic nitrogens is 2. The topological polar surface area (TPSA) is 47.0 Å². The average Bonchev–Trinajstić information content (AvgIpc) is 2.26. The molecule has 4 nitrogen and oxygen atoms in total. The minimum atomic E-state index is 0.646. The van der Waals surface area contributed by atoms with Crippen molar-refractivity contribution < 1.29 is 4.74 Å². The van der Waals surface area contributed by atoms with E-state index in [0.717, 1.165) is 23.9 Å². The summed E-state index contributed by atoms with van der Waals surface area (Å²) in [6, 6.07) is 1.83. The molecule has 1 heterocycles. The number of rotatable bonds is 6. The summed E-state index contributed by atoms with van der Waals surface area (Å²) in [5, 5.41) is 3.89. The standard InChI is InChI=1S/C10H17N3OS/c1-4-6-14-9-7-8(11-5-2)12-10(13-9)15-3/h7H,4-6H2,1-3H3,(H,11,12,13). The van der Waals surface area contributed by atoms with E-state index in [1.165, 1.54) is 11.8 Å². The SMILES string of the molecule is CCCOc1cc(NCC)nc(SC)n1. The van der Waals surface area contributed by atoms with Gasteiger partial charge in [-0.15, -0.1) is 0 Å². The molecular formula is C10H17N3OS. The van der Waals surface area contributed by atoms with Gasteiger partial charge in [-0.3, -0.25) is 0 Å². The average molecular weight is 227 g/mol. The first-order valence-corrected chi connectivity index (χ1v) is 6.32. The molecule has 0 aliphatic carbocycles. The zero-order chi connectivity index (χ0) is 11.1. The van der Waals surface area contributed by atoms with E-state index in [4.69, 9.17) is 4.74 Å². The maximum absolute atomic E-state index is 5.48. The molecule has 5 heteroatoms. The van der Waals surface area contributed by atoms with Crippen LogP contribution in [-0.2, 0) is 0 Å². The van der Waals surface area contributed by atoms with Gasteiger partial charge in [0.15, 0.2) is 5.16 Å². The van der Waals surface area contributed by atoms with Crippen molar-refractivity contribution in [2.45, 2.75) is 25.4 Å². The molecule has 1 aromatic heterocycles. The fourth-order valence-electron chi connectivity index (χ4n) is 1.05. The van der Waals surface area contributed by atoms with Crippen LogP contribution < -0.4 is 10.1 Å². The Hall–Kier alpha value is -0.970. The van der Waals surface area contributed by atoms with Crippen molar-refractivity contribution in [3.05, 3.63) is 6.07 Å². The molecule has 0 unspecified atom stereocenters. The van der Waals surface area contributed by atoms with E-state index in [1.54, 1.807) is 0 Å². The fourth-order valence-corrected chi connectivity index (χ4v) is 1.42. The molecule has 1 N–H and O–H groups in total. The van der Waals surface area contributed by atoms with E-state index < -0.39 is 0 Å². The van der Waals surface area contributed by atoms with Crippen LogP contribution in [0.15, 0.2) is 11.2 Å². The molecule has 0 saturated carbocycles. The Bertz CT molecular complexity index is 307. The maximum atomic E-state index is 5.48. The Morgan fingerprint density at radius 1 is 1.40 bits per heavy atom. The van der Waals surface area contributed by atoms with Gasteiger partial charge in [0.1, 0.15) is 5.82 Å². The van der Waals surface area contributed by atoms with Crippen molar-refractivity contribution >= 4 is 17.6 Å². The van der Waals surface area contributed by atoms with Crippen LogP contribution in [0.4, 0.5) is 5.82 Å². The van der Waals surface area contributed by atoms with Crippen molar-refractivity contribution in [2.75, 3.05) is 24.7 Å². The zero-order valence-electron chi connectivity index (χ0n) is 9.41. The number of nitrogens with zero attached hydrogens (tertiary/aromatic N) is 2. The van der Waals surface area contributed by atoms with Gasteiger partial charge in [0.25, 0.3) is 0 Å². The van der Waals surface area contributed by atoms with E-state index in [-0.39, 0.29) is 0 Å². The summed E-state index contributed by atoms with van der Waals surface area (Å²) in [4.78, 5) is 8.57. The molecule has 0 amide bonds. The predicted molar refractivity (Wildman–Crippen MR) is 63.8 cm³/mol. The van der Waals surface area contributed by atoms with Gasteiger partial charge in [-0.2, -0.15) is 4.98 Å². The van der Waals surface area contributed by atoms with Gasteiger partial charge in [0.2, 0.25) is 5.88 Å². The first kappa shape index (κ1) is 12.1. The van der Waals surface area contributed by atoms with Crippen LogP contribution in [0, 0.1) is 0 Å². The van der Waals surface area contributed by atoms with Crippen molar-refractivity contribution in [3.63, 3.8) is 0 Å². The van der Waals surface area contributed by atoms with Crippen LogP contribution in [0.25, 0.3) is 0 Å². The second kappa shape index (κ2) is 6.50. The van der Waals surface area contributed by atoms with Crippen LogP contribution in [0.3, 0.4) is 0 Å². The van der Waals surface area contributed by atoms with Gasteiger partial charge in [-0.25, -0.2) is 4.98 Å². The lowest BCUT2D eigenvalue weighted by Gasteiger charge is -2.08. The lowest BCUT2D eigenvalue weighted by Crippen LogP contribution is -2.04. The molecule has 0 aliphatic rings. The van der Waals surface area contributed by atoms with Gasteiger partial charge in [0.05, 0.1) is 6.61 Å². The summed E-state index contributed by atoms with van der Waals surface area (Å²) in [5.41, 5.74) is 0. The fraction of sp³-hybridized carbons (Fsp3) is 0.600. The highest BCUT2D eigenvalue weighted by Crippen LogP contribution is 2.18. The summed E-state index contributed by atoms with van der Waals surface area (Å²) in [6.45, 7) is 5.64. The monoisotopic (exact) mass is 227 g/mol. The van der Waals surface area contributed by atoms with Crippen molar-refractivity contribution in [3.8, 4) is 5.88 Å². The summed E-state index contributed by atoms with van der Waals surface area (Å²) >= 11 is 1.51. The molecule has 0 aliphatic heterocycles. The van der Waals surface area contributed by atoms with E-state index in [1.807, 2.05) is 19.2 Å². The highest BCUT2D eigenvalue weighted by molar-refractivity contribution is 7.98. The van der Waals surface area contributed by atoms with Gasteiger partial charge < -0.3 is 10.1 Å². The number of anilines is 1. The summed E-state index contributed by atoms with van der Waals surface area (Å²) < 4.78 is 5.48. The van der Waals surface area contributed by atoms with Crippen LogP contribution in [-0.4, -0.2) is 29.4 Å². The molecule has 1 rings (SSSR count). The van der Waals surface area contributed by atoms with E-state index in [9.17, 15) is 0 Å². The Kier molecular flexibility index (Phi) is 5.25. The summed E-state index contributed by atoms with van der Waals surface area (Å²) in [6.07, 6.45) is 2.93. The third-order valence-corrected chi connectivity index (χ3v) is 2.22. The quantitative estimate of drug-likeness (QED) is 0.597. The second-order valence-corrected chi connectivity index (χ2v) is 3.73. The molecule has 0 radical (unpaired) electrons. The Labute approximate surface area is 94.8 Å². The molecule has 0 saturated heterocycles. The molecular weight excluding hydrogens is 210 g/mol. The number of ether oxygens (including phenoxy) is 1. The molecule has 84 valence electrons. The number of hydrogen-bond donors (Lipinski definition) is 1. The van der Waals surface area contributed by atoms with Crippen molar-refractivity contribution in [2.24, 2.45) is 0 Å². The molecule has 0 bridgehead atoms. The molecule has 15 heavy (non-hydrogen) atoms. The van der Waals surface area contributed by atoms with Gasteiger partial charge in [0, 0.05) is 12.6 Å². The first-order valence-electron chi connectivity index (χ1n) is 5.09. The van der Waals surface area contributed by atoms with Crippen molar-refractivity contribution in [1.82, 2.24) is 9.97 Å². The summed E-state index contributed by atoms with van der Waals surface area (Å²) in [5.74, 6) is 1.47. The Morgan fingerprint density at radius 3 is 2.80 bits per heavy atom. The van der Waals surface area contributed by atoms with Crippen molar-refractivity contribution in [1.29, 1.82) is 0 Å². The highest BCUT2D eigenvalue weighted by atomic mass is 32.2. The zero-order valence-corrected chi connectivity index (χ0v) is 10.2. The summed E-state index contributed by atoms with van der Waals surface area (Å²) in [7, 11) is 0. The second-order valence-electron chi connectivity index (χ2n) is 2.96. The number of nitrogens with one attached hydrogen (secondary N) is 1. The van der Waals surface area contributed by atoms with E-state index in [0.29, 0.717) is 12.5 Å². The molecule has 1 aromatic rings. The van der Waals surface area contributed by atoms with Gasteiger partial charge >= 0.3 is 0 Å². The third kappa shape index (κ3) is 3.95. The van der Waals surface area contributed by atoms with Crippen LogP contribution in [0.2, 0.25) is 0 Å². The minimum absolute atomic E-state index is 0.646. The van der Waals surface area contributed by atoms with E-state index >= 15 is 0 Å². The molecule has 0 atom stereocenters. The molecule has 0 spiro atoms. The van der Waals surface area contributed by atoms with Crippen LogP contribution in [0.5, 0.6) is 5.88 Å². The Balaban J connectivity index is 2.79. The lowest BCUT2D eigenvalue weighted by atomic mass is 10.5. The smallest absolute Gasteiger partial charge is 0.219 e. The van der Waals surface area contributed by atoms with E-state index in [2.05, 4.69) is 22.2 Å². The number of hydrogen-bond acceptors (Lipinski definition) is 5. The highest BCUT2D eigenvalue weighted by Gasteiger charge is 2.03. The third-order valence-electron chi connectivity index (χ3n) is 1.68. The first-order chi connectivity index (χ1) is 7.30.